The third kappa shape index (κ3) is 4.19. The van der Waals surface area contributed by atoms with Crippen LogP contribution in [0.1, 0.15) is 44.5 Å². The van der Waals surface area contributed by atoms with E-state index in [0.29, 0.717) is 47.6 Å². The van der Waals surface area contributed by atoms with E-state index >= 15 is 0 Å². The van der Waals surface area contributed by atoms with Crippen molar-refractivity contribution in [3.05, 3.63) is 18.0 Å². The third-order valence-electron chi connectivity index (χ3n) is 5.19. The molecule has 0 aromatic carbocycles. The average molecular weight is 423 g/mol. The van der Waals surface area contributed by atoms with Crippen molar-refractivity contribution in [3.8, 4) is 5.88 Å². The molecule has 1 saturated heterocycles. The van der Waals surface area contributed by atoms with Crippen LogP contribution in [0.2, 0.25) is 0 Å². The largest absolute Gasteiger partial charge is 0.415 e. The van der Waals surface area contributed by atoms with Gasteiger partial charge in [0.25, 0.3) is 0 Å². The Bertz CT molecular complexity index is 1000. The molecule has 0 amide bonds. The minimum atomic E-state index is -2.96. The number of ether oxygens (including phenoxy) is 2. The number of halogens is 2. The highest BCUT2D eigenvalue weighted by atomic mass is 19.3. The smallest absolute Gasteiger partial charge is 0.388 e. The summed E-state index contributed by atoms with van der Waals surface area (Å²) in [5.41, 5.74) is 1.50. The predicted octanol–water partition coefficient (Wildman–Crippen LogP) is 2.94. The minimum absolute atomic E-state index is 0.0339. The second kappa shape index (κ2) is 8.48. The summed E-state index contributed by atoms with van der Waals surface area (Å²) in [6.07, 6.45) is 2.51. The molecule has 1 fully saturated rings. The van der Waals surface area contributed by atoms with Crippen molar-refractivity contribution in [1.29, 1.82) is 0 Å². The predicted molar refractivity (Wildman–Crippen MR) is 103 cm³/mol. The third-order valence-corrected chi connectivity index (χ3v) is 5.19. The van der Waals surface area contributed by atoms with Gasteiger partial charge in [0.05, 0.1) is 18.3 Å². The van der Waals surface area contributed by atoms with Crippen LogP contribution in [0.3, 0.4) is 0 Å². The van der Waals surface area contributed by atoms with E-state index in [2.05, 4.69) is 42.2 Å². The standard InChI is InChI=1S/C18H23F2N7O3/c1-9(11-3-5-29-6-4-11)27-17-16(15(26-27)10(2)28)21-8-13(23-17)22-12-7-14(25-24-12)30-18(19)20/h7-11,18,28H,3-6H2,1-2H3,(H2,22,23,24,25). The second-order valence-electron chi connectivity index (χ2n) is 7.25. The van der Waals surface area contributed by atoms with Gasteiger partial charge in [-0.25, -0.2) is 14.6 Å². The number of anilines is 2. The summed E-state index contributed by atoms with van der Waals surface area (Å²) >= 11 is 0. The molecule has 3 aromatic rings. The molecule has 1 aliphatic rings. The summed E-state index contributed by atoms with van der Waals surface area (Å²) in [5, 5.41) is 23.9. The molecule has 4 rings (SSSR count). The van der Waals surface area contributed by atoms with Crippen molar-refractivity contribution in [2.24, 2.45) is 5.92 Å². The number of fused-ring (bicyclic) bond motifs is 1. The SMILES string of the molecule is CC(O)c1nn(C(C)C2CCOCC2)c2nc(Nc3cc(OC(F)F)n[nH]3)cnc12. The van der Waals surface area contributed by atoms with Gasteiger partial charge in [0.15, 0.2) is 11.5 Å². The summed E-state index contributed by atoms with van der Waals surface area (Å²) in [5.74, 6) is 0.811. The van der Waals surface area contributed by atoms with E-state index in [1.807, 2.05) is 0 Å². The van der Waals surface area contributed by atoms with Crippen LogP contribution < -0.4 is 10.1 Å². The number of hydrogen-bond donors (Lipinski definition) is 3. The first kappa shape index (κ1) is 20.4. The molecule has 0 radical (unpaired) electrons. The van der Waals surface area contributed by atoms with Crippen LogP contribution >= 0.6 is 0 Å². The van der Waals surface area contributed by atoms with Crippen LogP contribution in [0, 0.1) is 5.92 Å². The summed E-state index contributed by atoms with van der Waals surface area (Å²) in [6, 6.07) is 1.33. The van der Waals surface area contributed by atoms with Crippen LogP contribution in [0.15, 0.2) is 12.3 Å². The van der Waals surface area contributed by atoms with Gasteiger partial charge in [-0.2, -0.15) is 13.9 Å². The molecule has 4 heterocycles. The van der Waals surface area contributed by atoms with Gasteiger partial charge in [-0.3, -0.25) is 5.10 Å². The Hall–Kier alpha value is -2.86. The molecule has 0 spiro atoms. The number of H-pyrrole nitrogens is 1. The molecule has 3 aromatic heterocycles. The molecule has 10 nitrogen and oxygen atoms in total. The normalized spacial score (nSPS) is 17.4. The number of aromatic amines is 1. The van der Waals surface area contributed by atoms with E-state index in [1.165, 1.54) is 12.3 Å². The fraction of sp³-hybridized carbons (Fsp3) is 0.556. The van der Waals surface area contributed by atoms with E-state index in [-0.39, 0.29) is 11.9 Å². The van der Waals surface area contributed by atoms with Crippen LogP contribution in [0.25, 0.3) is 11.2 Å². The zero-order valence-corrected chi connectivity index (χ0v) is 16.5. The fourth-order valence-corrected chi connectivity index (χ4v) is 3.61. The van der Waals surface area contributed by atoms with Crippen LogP contribution in [-0.2, 0) is 4.74 Å². The number of hydrogen-bond acceptors (Lipinski definition) is 8. The Balaban J connectivity index is 1.65. The quantitative estimate of drug-likeness (QED) is 0.530. The lowest BCUT2D eigenvalue weighted by atomic mass is 9.93. The number of aliphatic hydroxyl groups excluding tert-OH is 1. The molecular formula is C18H23F2N7O3. The average Bonchev–Trinajstić information content (AvgIpc) is 3.31. The number of aliphatic hydroxyl groups is 1. The zero-order chi connectivity index (χ0) is 21.3. The minimum Gasteiger partial charge on any atom is -0.415 e. The van der Waals surface area contributed by atoms with Crippen molar-refractivity contribution in [2.75, 3.05) is 18.5 Å². The molecule has 0 aliphatic carbocycles. The topological polar surface area (TPSA) is 123 Å². The fourth-order valence-electron chi connectivity index (χ4n) is 3.61. The van der Waals surface area contributed by atoms with Crippen molar-refractivity contribution < 1.29 is 23.4 Å². The van der Waals surface area contributed by atoms with Crippen molar-refractivity contribution in [1.82, 2.24) is 29.9 Å². The maximum atomic E-state index is 12.3. The van der Waals surface area contributed by atoms with E-state index in [9.17, 15) is 13.9 Å². The van der Waals surface area contributed by atoms with Gasteiger partial charge in [0, 0.05) is 19.3 Å². The molecule has 2 unspecified atom stereocenters. The zero-order valence-electron chi connectivity index (χ0n) is 16.5. The van der Waals surface area contributed by atoms with Crippen molar-refractivity contribution in [2.45, 2.75) is 45.4 Å². The van der Waals surface area contributed by atoms with Gasteiger partial charge in [0.2, 0.25) is 5.88 Å². The lowest BCUT2D eigenvalue weighted by Gasteiger charge is -2.28. The second-order valence-corrected chi connectivity index (χ2v) is 7.25. The Morgan fingerprint density at radius 1 is 1.33 bits per heavy atom. The lowest BCUT2D eigenvalue weighted by Crippen LogP contribution is -2.25. The first-order valence-electron chi connectivity index (χ1n) is 9.70. The molecule has 1 aliphatic heterocycles. The highest BCUT2D eigenvalue weighted by molar-refractivity contribution is 5.76. The molecule has 162 valence electrons. The molecular weight excluding hydrogens is 400 g/mol. The maximum Gasteiger partial charge on any atom is 0.388 e. The highest BCUT2D eigenvalue weighted by Gasteiger charge is 2.27. The number of nitrogens with one attached hydrogen (secondary N) is 2. The summed E-state index contributed by atoms with van der Waals surface area (Å²) in [7, 11) is 0. The first-order chi connectivity index (χ1) is 14.4. The molecule has 2 atom stereocenters. The van der Waals surface area contributed by atoms with E-state index < -0.39 is 12.7 Å². The first-order valence-corrected chi connectivity index (χ1v) is 9.70. The Labute approximate surface area is 170 Å². The van der Waals surface area contributed by atoms with Gasteiger partial charge < -0.3 is 19.9 Å². The van der Waals surface area contributed by atoms with Gasteiger partial charge in [-0.15, -0.1) is 5.10 Å². The van der Waals surface area contributed by atoms with Gasteiger partial charge in [-0.1, -0.05) is 0 Å². The van der Waals surface area contributed by atoms with Crippen molar-refractivity contribution >= 4 is 22.8 Å². The molecule has 3 N–H and O–H groups in total. The van der Waals surface area contributed by atoms with Gasteiger partial charge in [0.1, 0.15) is 17.0 Å². The number of rotatable bonds is 7. The van der Waals surface area contributed by atoms with E-state index in [0.717, 1.165) is 12.8 Å². The molecule has 0 saturated carbocycles. The van der Waals surface area contributed by atoms with Gasteiger partial charge in [-0.05, 0) is 32.6 Å². The number of alkyl halides is 2. The molecule has 12 heteroatoms. The summed E-state index contributed by atoms with van der Waals surface area (Å²) < 4.78 is 36.1. The van der Waals surface area contributed by atoms with Crippen LogP contribution in [0.4, 0.5) is 20.4 Å². The molecule has 0 bridgehead atoms. The Kier molecular flexibility index (Phi) is 5.77. The van der Waals surface area contributed by atoms with Gasteiger partial charge >= 0.3 is 6.61 Å². The van der Waals surface area contributed by atoms with E-state index in [4.69, 9.17) is 4.74 Å². The highest BCUT2D eigenvalue weighted by Crippen LogP contribution is 2.32. The Morgan fingerprint density at radius 2 is 2.10 bits per heavy atom. The summed E-state index contributed by atoms with van der Waals surface area (Å²) in [4.78, 5) is 9.03. The molecule has 30 heavy (non-hydrogen) atoms. The van der Waals surface area contributed by atoms with Crippen LogP contribution in [0.5, 0.6) is 5.88 Å². The van der Waals surface area contributed by atoms with Crippen LogP contribution in [-0.4, -0.2) is 54.9 Å². The number of nitrogens with zero attached hydrogens (tertiary/aromatic N) is 5. The number of aromatic nitrogens is 6. The van der Waals surface area contributed by atoms with E-state index in [1.54, 1.807) is 11.6 Å². The Morgan fingerprint density at radius 3 is 2.80 bits per heavy atom. The lowest BCUT2D eigenvalue weighted by molar-refractivity contribution is -0.0528. The summed E-state index contributed by atoms with van der Waals surface area (Å²) in [6.45, 7) is 2.15. The maximum absolute atomic E-state index is 12.3. The monoisotopic (exact) mass is 423 g/mol. The van der Waals surface area contributed by atoms with Crippen molar-refractivity contribution in [3.63, 3.8) is 0 Å².